The SMILES string of the molecule is Cc1sc2nc(C(C)N3CCCc4c(N)cccc43)[nH]c(=O)c2c1C.Cl. The first kappa shape index (κ1) is 18.7. The second-order valence-corrected chi connectivity index (χ2v) is 7.94. The number of halogens is 1. The number of benzene rings is 1. The van der Waals surface area contributed by atoms with Crippen molar-refractivity contribution in [1.29, 1.82) is 0 Å². The zero-order chi connectivity index (χ0) is 17.7. The van der Waals surface area contributed by atoms with Crippen molar-refractivity contribution in [3.8, 4) is 0 Å². The first-order chi connectivity index (χ1) is 12.0. The van der Waals surface area contributed by atoms with E-state index < -0.39 is 0 Å². The summed E-state index contributed by atoms with van der Waals surface area (Å²) in [6.07, 6.45) is 2.05. The molecule has 0 spiro atoms. The van der Waals surface area contributed by atoms with E-state index in [0.717, 1.165) is 51.4 Å². The number of aromatic amines is 1. The second-order valence-electron chi connectivity index (χ2n) is 6.73. The van der Waals surface area contributed by atoms with E-state index in [2.05, 4.69) is 22.9 Å². The number of rotatable bonds is 2. The van der Waals surface area contributed by atoms with Crippen LogP contribution in [0.2, 0.25) is 0 Å². The summed E-state index contributed by atoms with van der Waals surface area (Å²) in [5, 5.41) is 0.724. The lowest BCUT2D eigenvalue weighted by atomic mass is 9.98. The van der Waals surface area contributed by atoms with Crippen LogP contribution in [0.5, 0.6) is 0 Å². The van der Waals surface area contributed by atoms with Crippen LogP contribution in [-0.4, -0.2) is 16.5 Å². The molecule has 138 valence electrons. The van der Waals surface area contributed by atoms with E-state index in [0.29, 0.717) is 5.82 Å². The lowest BCUT2D eigenvalue weighted by Crippen LogP contribution is -2.34. The maximum absolute atomic E-state index is 12.6. The topological polar surface area (TPSA) is 75.0 Å². The van der Waals surface area contributed by atoms with Gasteiger partial charge in [0.25, 0.3) is 5.56 Å². The normalized spacial score (nSPS) is 14.8. The molecular formula is C19H23ClN4OS. The average Bonchev–Trinajstić information content (AvgIpc) is 2.89. The fourth-order valence-electron chi connectivity index (χ4n) is 3.70. The number of nitrogens with two attached hydrogens (primary N) is 1. The number of hydrogen-bond acceptors (Lipinski definition) is 5. The predicted octanol–water partition coefficient (Wildman–Crippen LogP) is 4.12. The molecule has 0 aliphatic carbocycles. The molecule has 0 amide bonds. The van der Waals surface area contributed by atoms with E-state index in [-0.39, 0.29) is 24.0 Å². The highest BCUT2D eigenvalue weighted by molar-refractivity contribution is 7.18. The number of anilines is 2. The second kappa shape index (κ2) is 6.93. The van der Waals surface area contributed by atoms with Gasteiger partial charge >= 0.3 is 0 Å². The van der Waals surface area contributed by atoms with Crippen LogP contribution in [0.3, 0.4) is 0 Å². The molecule has 3 heterocycles. The zero-order valence-corrected chi connectivity index (χ0v) is 16.8. The highest BCUT2D eigenvalue weighted by Crippen LogP contribution is 2.36. The molecule has 7 heteroatoms. The average molecular weight is 391 g/mol. The molecule has 0 bridgehead atoms. The van der Waals surface area contributed by atoms with Gasteiger partial charge in [-0.2, -0.15) is 0 Å². The van der Waals surface area contributed by atoms with Gasteiger partial charge in [0.2, 0.25) is 0 Å². The minimum absolute atomic E-state index is 0. The summed E-state index contributed by atoms with van der Waals surface area (Å²) in [4.78, 5) is 24.7. The highest BCUT2D eigenvalue weighted by Gasteiger charge is 2.25. The molecule has 26 heavy (non-hydrogen) atoms. The van der Waals surface area contributed by atoms with Crippen LogP contribution in [0.25, 0.3) is 10.2 Å². The Kier molecular flexibility index (Phi) is 4.99. The van der Waals surface area contributed by atoms with Crippen molar-refractivity contribution >= 4 is 45.3 Å². The van der Waals surface area contributed by atoms with Crippen molar-refractivity contribution in [3.63, 3.8) is 0 Å². The fraction of sp³-hybridized carbons (Fsp3) is 0.368. The quantitative estimate of drug-likeness (QED) is 0.645. The molecule has 5 nitrogen and oxygen atoms in total. The number of nitrogens with one attached hydrogen (secondary N) is 1. The molecule has 4 rings (SSSR count). The third kappa shape index (κ3) is 2.87. The number of aromatic nitrogens is 2. The zero-order valence-electron chi connectivity index (χ0n) is 15.1. The molecule has 1 aromatic carbocycles. The summed E-state index contributed by atoms with van der Waals surface area (Å²) in [5.41, 5.74) is 10.3. The van der Waals surface area contributed by atoms with Gasteiger partial charge in [0.05, 0.1) is 11.4 Å². The predicted molar refractivity (Wildman–Crippen MR) is 112 cm³/mol. The van der Waals surface area contributed by atoms with Crippen LogP contribution < -0.4 is 16.2 Å². The van der Waals surface area contributed by atoms with Crippen LogP contribution in [-0.2, 0) is 6.42 Å². The number of hydrogen-bond donors (Lipinski definition) is 2. The Morgan fingerprint density at radius 2 is 2.12 bits per heavy atom. The summed E-state index contributed by atoms with van der Waals surface area (Å²) in [5.74, 6) is 0.717. The lowest BCUT2D eigenvalue weighted by molar-refractivity contribution is 0.592. The molecule has 1 unspecified atom stereocenters. The molecule has 0 fully saturated rings. The van der Waals surface area contributed by atoms with Gasteiger partial charge in [-0.3, -0.25) is 4.79 Å². The van der Waals surface area contributed by atoms with Gasteiger partial charge in [-0.25, -0.2) is 4.98 Å². The Balaban J connectivity index is 0.00000196. The van der Waals surface area contributed by atoms with Gasteiger partial charge in [-0.1, -0.05) is 6.07 Å². The summed E-state index contributed by atoms with van der Waals surface area (Å²) in [7, 11) is 0. The maximum atomic E-state index is 12.6. The third-order valence-corrected chi connectivity index (χ3v) is 6.34. The van der Waals surface area contributed by atoms with E-state index in [1.54, 1.807) is 11.3 Å². The van der Waals surface area contributed by atoms with E-state index in [1.165, 1.54) is 5.56 Å². The number of H-pyrrole nitrogens is 1. The lowest BCUT2D eigenvalue weighted by Gasteiger charge is -2.36. The molecular weight excluding hydrogens is 368 g/mol. The Morgan fingerprint density at radius 3 is 2.88 bits per heavy atom. The number of nitrogens with zero attached hydrogens (tertiary/aromatic N) is 2. The van der Waals surface area contributed by atoms with E-state index in [4.69, 9.17) is 10.7 Å². The van der Waals surface area contributed by atoms with Gasteiger partial charge in [0, 0.05) is 22.8 Å². The molecule has 2 aromatic heterocycles. The minimum atomic E-state index is -0.0430. The maximum Gasteiger partial charge on any atom is 0.259 e. The van der Waals surface area contributed by atoms with Crippen LogP contribution in [0.4, 0.5) is 11.4 Å². The first-order valence-corrected chi connectivity index (χ1v) is 9.43. The molecule has 0 saturated carbocycles. The Hall–Kier alpha value is -2.05. The Morgan fingerprint density at radius 1 is 1.35 bits per heavy atom. The number of aryl methyl sites for hydroxylation is 2. The van der Waals surface area contributed by atoms with Crippen molar-refractivity contribution in [1.82, 2.24) is 9.97 Å². The van der Waals surface area contributed by atoms with E-state index in [9.17, 15) is 4.79 Å². The van der Waals surface area contributed by atoms with Gasteiger partial charge in [0.1, 0.15) is 10.7 Å². The molecule has 1 aliphatic heterocycles. The van der Waals surface area contributed by atoms with Crippen LogP contribution in [0.15, 0.2) is 23.0 Å². The van der Waals surface area contributed by atoms with Crippen molar-refractivity contribution < 1.29 is 0 Å². The molecule has 3 N–H and O–H groups in total. The summed E-state index contributed by atoms with van der Waals surface area (Å²) in [6, 6.07) is 6.04. The third-order valence-electron chi connectivity index (χ3n) is 5.24. The van der Waals surface area contributed by atoms with Gasteiger partial charge < -0.3 is 15.6 Å². The first-order valence-electron chi connectivity index (χ1n) is 8.61. The number of fused-ring (bicyclic) bond motifs is 2. The molecule has 1 aliphatic rings. The van der Waals surface area contributed by atoms with Crippen molar-refractivity contribution in [2.75, 3.05) is 17.2 Å². The van der Waals surface area contributed by atoms with E-state index >= 15 is 0 Å². The Bertz CT molecular complexity index is 1030. The van der Waals surface area contributed by atoms with Crippen molar-refractivity contribution in [2.45, 2.75) is 39.7 Å². The van der Waals surface area contributed by atoms with Crippen LogP contribution in [0.1, 0.15) is 41.2 Å². The largest absolute Gasteiger partial charge is 0.398 e. The summed E-state index contributed by atoms with van der Waals surface area (Å²) in [6.45, 7) is 7.04. The smallest absolute Gasteiger partial charge is 0.259 e. The fourth-order valence-corrected chi connectivity index (χ4v) is 4.74. The molecule has 1 atom stereocenters. The van der Waals surface area contributed by atoms with Gasteiger partial charge in [0.15, 0.2) is 0 Å². The van der Waals surface area contributed by atoms with Crippen LogP contribution in [0, 0.1) is 13.8 Å². The van der Waals surface area contributed by atoms with Gasteiger partial charge in [-0.05, 0) is 56.9 Å². The number of thiophene rings is 1. The van der Waals surface area contributed by atoms with Crippen molar-refractivity contribution in [3.05, 3.63) is 50.4 Å². The van der Waals surface area contributed by atoms with Crippen molar-refractivity contribution in [2.24, 2.45) is 0 Å². The number of nitrogen functional groups attached to an aromatic ring is 1. The highest BCUT2D eigenvalue weighted by atomic mass is 35.5. The summed E-state index contributed by atoms with van der Waals surface area (Å²) >= 11 is 1.59. The standard InChI is InChI=1S/C19H22N4OS.ClH/c1-10-12(3)25-19-16(10)18(24)21-17(22-19)11(2)23-9-5-6-13-14(20)7-4-8-15(13)23;/h4,7-8,11H,5-6,9,20H2,1-3H3,(H,21,22,24);1H. The molecule has 0 saturated heterocycles. The monoisotopic (exact) mass is 390 g/mol. The molecule has 0 radical (unpaired) electrons. The van der Waals surface area contributed by atoms with Crippen LogP contribution >= 0.6 is 23.7 Å². The summed E-state index contributed by atoms with van der Waals surface area (Å²) < 4.78 is 0. The minimum Gasteiger partial charge on any atom is -0.398 e. The Labute approximate surface area is 162 Å². The molecule has 3 aromatic rings. The van der Waals surface area contributed by atoms with Gasteiger partial charge in [-0.15, -0.1) is 23.7 Å². The van der Waals surface area contributed by atoms with E-state index in [1.807, 2.05) is 26.0 Å².